The number of carboxylic acid groups (broad SMARTS) is 1. The van der Waals surface area contributed by atoms with Gasteiger partial charge in [-0.3, -0.25) is 9.59 Å². The normalized spacial score (nSPS) is 10.6. The molecule has 0 aliphatic carbocycles. The molecule has 1 N–H and O–H groups in total. The molecular formula is C15H14N6O4. The number of carbonyl (C=O) groups is 2. The zero-order valence-corrected chi connectivity index (χ0v) is 13.2. The Morgan fingerprint density at radius 2 is 1.44 bits per heavy atom. The van der Waals surface area contributed by atoms with Crippen LogP contribution in [0.15, 0.2) is 36.7 Å². The maximum atomic E-state index is 11.2. The Labute approximate surface area is 141 Å². The first-order valence-corrected chi connectivity index (χ1v) is 7.25. The van der Waals surface area contributed by atoms with Crippen LogP contribution in [0.4, 0.5) is 0 Å². The lowest BCUT2D eigenvalue weighted by Crippen LogP contribution is -2.11. The van der Waals surface area contributed by atoms with Gasteiger partial charge >= 0.3 is 11.9 Å². The molecule has 0 fully saturated rings. The van der Waals surface area contributed by atoms with E-state index in [1.165, 1.54) is 16.5 Å². The third-order valence-corrected chi connectivity index (χ3v) is 3.37. The molecule has 0 bridgehead atoms. The van der Waals surface area contributed by atoms with Crippen molar-refractivity contribution in [3.05, 3.63) is 36.7 Å². The fourth-order valence-corrected chi connectivity index (χ4v) is 2.16. The highest BCUT2D eigenvalue weighted by Gasteiger charge is 2.09. The summed E-state index contributed by atoms with van der Waals surface area (Å²) in [5, 5.41) is 24.4. The molecule has 0 atom stereocenters. The second-order valence-electron chi connectivity index (χ2n) is 5.15. The van der Waals surface area contributed by atoms with Crippen molar-refractivity contribution in [1.82, 2.24) is 30.0 Å². The fraction of sp³-hybridized carbons (Fsp3) is 0.200. The van der Waals surface area contributed by atoms with Crippen LogP contribution >= 0.6 is 0 Å². The number of esters is 1. The van der Waals surface area contributed by atoms with E-state index in [2.05, 4.69) is 25.4 Å². The minimum atomic E-state index is -0.984. The van der Waals surface area contributed by atoms with E-state index in [0.29, 0.717) is 11.4 Å². The number of nitrogens with zero attached hydrogens (tertiary/aromatic N) is 6. The molecule has 0 saturated heterocycles. The van der Waals surface area contributed by atoms with E-state index >= 15 is 0 Å². The highest BCUT2D eigenvalue weighted by Crippen LogP contribution is 2.22. The van der Waals surface area contributed by atoms with E-state index in [-0.39, 0.29) is 13.1 Å². The number of methoxy groups -OCH3 is 1. The molecular weight excluding hydrogens is 328 g/mol. The number of aliphatic carboxylic acids is 1. The van der Waals surface area contributed by atoms with Crippen molar-refractivity contribution >= 4 is 11.9 Å². The Bertz CT molecular complexity index is 899. The van der Waals surface area contributed by atoms with Gasteiger partial charge in [-0.15, -0.1) is 10.2 Å². The Morgan fingerprint density at radius 3 is 1.88 bits per heavy atom. The summed E-state index contributed by atoms with van der Waals surface area (Å²) in [6.07, 6.45) is 3.21. The van der Waals surface area contributed by atoms with Crippen molar-refractivity contribution in [2.24, 2.45) is 0 Å². The van der Waals surface area contributed by atoms with Gasteiger partial charge in [0.2, 0.25) is 0 Å². The van der Waals surface area contributed by atoms with Crippen LogP contribution in [0.1, 0.15) is 0 Å². The van der Waals surface area contributed by atoms with E-state index < -0.39 is 11.9 Å². The monoisotopic (exact) mass is 342 g/mol. The van der Waals surface area contributed by atoms with Gasteiger partial charge < -0.3 is 9.84 Å². The molecule has 0 aliphatic heterocycles. The van der Waals surface area contributed by atoms with Crippen molar-refractivity contribution in [3.8, 4) is 22.5 Å². The first-order chi connectivity index (χ1) is 12.0. The molecule has 3 aromatic rings. The topological polar surface area (TPSA) is 125 Å². The predicted octanol–water partition coefficient (Wildman–Crippen LogP) is 0.461. The SMILES string of the molecule is COC(=O)Cn1cc(-c2ccc(-c3cn(CC(=O)O)nn3)cc2)nn1. The summed E-state index contributed by atoms with van der Waals surface area (Å²) in [6, 6.07) is 7.31. The van der Waals surface area contributed by atoms with Crippen LogP contribution < -0.4 is 0 Å². The highest BCUT2D eigenvalue weighted by atomic mass is 16.5. The Hall–Kier alpha value is -3.56. The molecule has 25 heavy (non-hydrogen) atoms. The van der Waals surface area contributed by atoms with Crippen LogP contribution in [0.2, 0.25) is 0 Å². The molecule has 0 saturated carbocycles. The summed E-state index contributed by atoms with van der Waals surface area (Å²) in [5.41, 5.74) is 2.80. The van der Waals surface area contributed by atoms with Gasteiger partial charge in [-0.1, -0.05) is 34.7 Å². The summed E-state index contributed by atoms with van der Waals surface area (Å²) < 4.78 is 7.23. The average molecular weight is 342 g/mol. The summed E-state index contributed by atoms with van der Waals surface area (Å²) in [5.74, 6) is -1.39. The lowest BCUT2D eigenvalue weighted by atomic mass is 10.1. The van der Waals surface area contributed by atoms with Crippen molar-refractivity contribution < 1.29 is 19.4 Å². The van der Waals surface area contributed by atoms with Crippen molar-refractivity contribution in [3.63, 3.8) is 0 Å². The van der Waals surface area contributed by atoms with E-state index in [4.69, 9.17) is 5.11 Å². The number of carbonyl (C=O) groups excluding carboxylic acids is 1. The second kappa shape index (κ2) is 6.91. The Morgan fingerprint density at radius 1 is 0.960 bits per heavy atom. The van der Waals surface area contributed by atoms with Gasteiger partial charge in [0.1, 0.15) is 24.5 Å². The predicted molar refractivity (Wildman–Crippen MR) is 84.1 cm³/mol. The van der Waals surface area contributed by atoms with Crippen LogP contribution in [0.3, 0.4) is 0 Å². The summed E-state index contributed by atoms with van der Waals surface area (Å²) >= 11 is 0. The van der Waals surface area contributed by atoms with E-state index in [9.17, 15) is 9.59 Å². The number of rotatable bonds is 6. The molecule has 128 valence electrons. The summed E-state index contributed by atoms with van der Waals surface area (Å²) in [6.45, 7) is -0.247. The van der Waals surface area contributed by atoms with Gasteiger partial charge in [-0.2, -0.15) is 0 Å². The largest absolute Gasteiger partial charge is 0.480 e. The van der Waals surface area contributed by atoms with Crippen LogP contribution in [0.5, 0.6) is 0 Å². The zero-order valence-electron chi connectivity index (χ0n) is 13.2. The number of benzene rings is 1. The van der Waals surface area contributed by atoms with Gasteiger partial charge in [0.25, 0.3) is 0 Å². The quantitative estimate of drug-likeness (QED) is 0.641. The van der Waals surface area contributed by atoms with Gasteiger partial charge in [-0.25, -0.2) is 9.36 Å². The summed E-state index contributed by atoms with van der Waals surface area (Å²) in [4.78, 5) is 21.9. The molecule has 0 aliphatic rings. The molecule has 2 heterocycles. The molecule has 10 nitrogen and oxygen atoms in total. The molecule has 1 aromatic carbocycles. The maximum Gasteiger partial charge on any atom is 0.327 e. The first-order valence-electron chi connectivity index (χ1n) is 7.25. The van der Waals surface area contributed by atoms with Crippen LogP contribution in [0, 0.1) is 0 Å². The standard InChI is InChI=1S/C15H14N6O4/c1-25-15(24)9-21-7-13(17-19-21)11-4-2-10(3-5-11)12-6-20(18-16-12)8-14(22)23/h2-7H,8-9H2,1H3,(H,22,23). The van der Waals surface area contributed by atoms with Crippen molar-refractivity contribution in [2.75, 3.05) is 7.11 Å². The number of aromatic nitrogens is 6. The first kappa shape index (κ1) is 16.3. The van der Waals surface area contributed by atoms with Gasteiger partial charge in [0.15, 0.2) is 0 Å². The number of ether oxygens (including phenoxy) is 1. The van der Waals surface area contributed by atoms with E-state index in [1.807, 2.05) is 24.3 Å². The van der Waals surface area contributed by atoms with E-state index in [0.717, 1.165) is 11.1 Å². The smallest absolute Gasteiger partial charge is 0.327 e. The maximum absolute atomic E-state index is 11.2. The van der Waals surface area contributed by atoms with Gasteiger partial charge in [-0.05, 0) is 0 Å². The van der Waals surface area contributed by atoms with Crippen LogP contribution in [0.25, 0.3) is 22.5 Å². The Balaban J connectivity index is 1.75. The molecule has 3 rings (SSSR count). The molecule has 0 amide bonds. The molecule has 2 aromatic heterocycles. The van der Waals surface area contributed by atoms with Gasteiger partial charge in [0.05, 0.1) is 19.5 Å². The highest BCUT2D eigenvalue weighted by molar-refractivity contribution is 5.69. The number of hydrogen-bond acceptors (Lipinski definition) is 7. The number of carboxylic acids is 1. The van der Waals surface area contributed by atoms with Crippen LogP contribution in [-0.2, 0) is 27.4 Å². The van der Waals surface area contributed by atoms with Crippen molar-refractivity contribution in [2.45, 2.75) is 13.1 Å². The minimum absolute atomic E-state index is 0.00569. The van der Waals surface area contributed by atoms with Gasteiger partial charge in [0, 0.05) is 11.1 Å². The molecule has 10 heteroatoms. The third-order valence-electron chi connectivity index (χ3n) is 3.37. The molecule has 0 radical (unpaired) electrons. The molecule has 0 spiro atoms. The van der Waals surface area contributed by atoms with Crippen LogP contribution in [-0.4, -0.2) is 54.1 Å². The summed E-state index contributed by atoms with van der Waals surface area (Å²) in [7, 11) is 1.31. The third kappa shape index (κ3) is 3.86. The lowest BCUT2D eigenvalue weighted by Gasteiger charge is -1.99. The lowest BCUT2D eigenvalue weighted by molar-refractivity contribution is -0.141. The van der Waals surface area contributed by atoms with E-state index in [1.54, 1.807) is 12.4 Å². The molecule has 0 unspecified atom stereocenters. The average Bonchev–Trinajstić information content (AvgIpc) is 3.24. The minimum Gasteiger partial charge on any atom is -0.480 e. The second-order valence-corrected chi connectivity index (χ2v) is 5.15. The zero-order chi connectivity index (χ0) is 17.8. The number of hydrogen-bond donors (Lipinski definition) is 1. The Kier molecular flexibility index (Phi) is 4.50. The fourth-order valence-electron chi connectivity index (χ4n) is 2.16. The van der Waals surface area contributed by atoms with Crippen molar-refractivity contribution in [1.29, 1.82) is 0 Å².